The molecule has 0 radical (unpaired) electrons. The lowest BCUT2D eigenvalue weighted by Crippen LogP contribution is -2.48. The Kier molecular flexibility index (Phi) is 5.64. The number of aryl methyl sites for hydroxylation is 1. The summed E-state index contributed by atoms with van der Waals surface area (Å²) >= 11 is 0. The van der Waals surface area contributed by atoms with Gasteiger partial charge in [-0.1, -0.05) is 37.3 Å². The van der Waals surface area contributed by atoms with Crippen molar-refractivity contribution in [2.45, 2.75) is 32.8 Å². The summed E-state index contributed by atoms with van der Waals surface area (Å²) in [5, 5.41) is 10.8. The predicted molar refractivity (Wildman–Crippen MR) is 94.0 cm³/mol. The molecule has 0 amide bonds. The second kappa shape index (κ2) is 7.70. The van der Waals surface area contributed by atoms with Crippen LogP contribution in [0.5, 0.6) is 5.75 Å². The number of carboxylic acid groups (broad SMARTS) is 1. The van der Waals surface area contributed by atoms with Crippen molar-refractivity contribution in [1.29, 1.82) is 0 Å². The number of carbonyl (C=O) groups excluding carboxylic acids is 1. The van der Waals surface area contributed by atoms with Crippen LogP contribution in [0, 0.1) is 0 Å². The molecule has 2 aromatic carbocycles. The van der Waals surface area contributed by atoms with Crippen LogP contribution >= 0.6 is 0 Å². The Morgan fingerprint density at radius 2 is 1.84 bits per heavy atom. The van der Waals surface area contributed by atoms with Crippen LogP contribution in [0.1, 0.15) is 26.3 Å². The number of nitrogen functional groups attached to an aromatic ring is 1. The van der Waals surface area contributed by atoms with Crippen LogP contribution in [-0.4, -0.2) is 16.6 Å². The van der Waals surface area contributed by atoms with Gasteiger partial charge in [0.05, 0.1) is 5.97 Å². The third-order valence-electron chi connectivity index (χ3n) is 3.52. The van der Waals surface area contributed by atoms with Gasteiger partial charge in [0.15, 0.2) is 5.58 Å². The molecule has 2 N–H and O–H groups in total. The summed E-state index contributed by atoms with van der Waals surface area (Å²) in [5.74, 6) is -0.609. The molecule has 25 heavy (non-hydrogen) atoms. The summed E-state index contributed by atoms with van der Waals surface area (Å²) in [4.78, 5) is 14.7. The molecule has 0 aliphatic heterocycles. The SMILES string of the molecule is CCc1ccccc1OC(C)(C)C(=O)[O-].Nc1nc2ccccc2o1. The Hall–Kier alpha value is -3.02. The fourth-order valence-electron chi connectivity index (χ4n) is 2.10. The Bertz CT molecular complexity index is 822. The lowest BCUT2D eigenvalue weighted by molar-refractivity contribution is -0.320. The van der Waals surface area contributed by atoms with Gasteiger partial charge in [-0.2, -0.15) is 4.98 Å². The molecule has 1 aromatic heterocycles. The van der Waals surface area contributed by atoms with Crippen molar-refractivity contribution in [2.75, 3.05) is 5.73 Å². The molecule has 0 aliphatic carbocycles. The van der Waals surface area contributed by atoms with E-state index in [-0.39, 0.29) is 6.01 Å². The lowest BCUT2D eigenvalue weighted by Gasteiger charge is -2.28. The quantitative estimate of drug-likeness (QED) is 0.782. The number of hydrogen-bond donors (Lipinski definition) is 1. The molecule has 6 heteroatoms. The van der Waals surface area contributed by atoms with E-state index >= 15 is 0 Å². The molecule has 0 bridgehead atoms. The van der Waals surface area contributed by atoms with Crippen molar-refractivity contribution < 1.29 is 19.1 Å². The van der Waals surface area contributed by atoms with Crippen LogP contribution in [0.3, 0.4) is 0 Å². The van der Waals surface area contributed by atoms with Crippen molar-refractivity contribution in [3.8, 4) is 5.75 Å². The molecule has 132 valence electrons. The first-order chi connectivity index (χ1) is 11.8. The molecular weight excluding hydrogens is 320 g/mol. The third-order valence-corrected chi connectivity index (χ3v) is 3.52. The number of nitrogens with zero attached hydrogens (tertiary/aromatic N) is 1. The van der Waals surface area contributed by atoms with Gasteiger partial charge in [-0.3, -0.25) is 0 Å². The average Bonchev–Trinajstić information content (AvgIpc) is 2.95. The molecule has 0 fully saturated rings. The van der Waals surface area contributed by atoms with E-state index in [0.29, 0.717) is 5.75 Å². The largest absolute Gasteiger partial charge is 0.546 e. The van der Waals surface area contributed by atoms with Gasteiger partial charge in [0.2, 0.25) is 0 Å². The van der Waals surface area contributed by atoms with Crippen molar-refractivity contribution in [3.63, 3.8) is 0 Å². The highest BCUT2D eigenvalue weighted by molar-refractivity contribution is 5.74. The molecule has 1 heterocycles. The summed E-state index contributed by atoms with van der Waals surface area (Å²) in [6, 6.07) is 15.1. The number of anilines is 1. The minimum Gasteiger partial charge on any atom is -0.546 e. The molecule has 3 aromatic rings. The van der Waals surface area contributed by atoms with Gasteiger partial charge in [0.1, 0.15) is 16.9 Å². The van der Waals surface area contributed by atoms with E-state index in [1.807, 2.05) is 49.4 Å². The highest BCUT2D eigenvalue weighted by Gasteiger charge is 2.22. The van der Waals surface area contributed by atoms with Crippen LogP contribution in [0.2, 0.25) is 0 Å². The Morgan fingerprint density at radius 1 is 1.20 bits per heavy atom. The number of fused-ring (bicyclic) bond motifs is 1. The number of para-hydroxylation sites is 3. The monoisotopic (exact) mass is 341 g/mol. The van der Waals surface area contributed by atoms with Crippen LogP contribution in [0.25, 0.3) is 11.1 Å². The van der Waals surface area contributed by atoms with E-state index in [1.165, 1.54) is 13.8 Å². The smallest absolute Gasteiger partial charge is 0.292 e. The number of benzene rings is 2. The standard InChI is InChI=1S/C12H16O3.C7H6N2O/c1-4-9-7-5-6-8-10(9)15-12(2,3)11(13)14;8-7-9-5-3-1-2-4-6(5)10-7/h5-8H,4H2,1-3H3,(H,13,14);1-4H,(H2,8,9)/p-1. The summed E-state index contributed by atoms with van der Waals surface area (Å²) < 4.78 is 10.5. The van der Waals surface area contributed by atoms with Crippen molar-refractivity contribution >= 4 is 23.1 Å². The predicted octanol–water partition coefficient (Wildman–Crippen LogP) is 2.57. The Morgan fingerprint density at radius 3 is 2.48 bits per heavy atom. The van der Waals surface area contributed by atoms with Gasteiger partial charge < -0.3 is 24.8 Å². The highest BCUT2D eigenvalue weighted by Crippen LogP contribution is 2.23. The molecule has 0 spiro atoms. The highest BCUT2D eigenvalue weighted by atomic mass is 16.5. The summed E-state index contributed by atoms with van der Waals surface area (Å²) in [6.45, 7) is 4.96. The second-order valence-corrected chi connectivity index (χ2v) is 5.88. The molecule has 0 saturated carbocycles. The normalized spacial score (nSPS) is 10.8. The minimum absolute atomic E-state index is 0.223. The number of ether oxygens (including phenoxy) is 1. The van der Waals surface area contributed by atoms with E-state index in [1.54, 1.807) is 6.07 Å². The van der Waals surface area contributed by atoms with Gasteiger partial charge in [-0.25, -0.2) is 0 Å². The topological polar surface area (TPSA) is 101 Å². The molecule has 0 unspecified atom stereocenters. The summed E-state index contributed by atoms with van der Waals surface area (Å²) in [7, 11) is 0. The third kappa shape index (κ3) is 4.73. The number of hydrogen-bond acceptors (Lipinski definition) is 6. The first-order valence-corrected chi connectivity index (χ1v) is 7.93. The Labute approximate surface area is 146 Å². The van der Waals surface area contributed by atoms with E-state index in [4.69, 9.17) is 14.9 Å². The summed E-state index contributed by atoms with van der Waals surface area (Å²) in [6.07, 6.45) is 0.805. The van der Waals surface area contributed by atoms with Gasteiger partial charge in [-0.05, 0) is 44.0 Å². The molecule has 3 rings (SSSR count). The van der Waals surface area contributed by atoms with Gasteiger partial charge in [0, 0.05) is 0 Å². The van der Waals surface area contributed by atoms with Crippen LogP contribution in [-0.2, 0) is 11.2 Å². The molecule has 0 saturated heterocycles. The number of aromatic nitrogens is 1. The fraction of sp³-hybridized carbons (Fsp3) is 0.263. The number of carbonyl (C=O) groups is 1. The number of oxazole rings is 1. The molecule has 0 atom stereocenters. The van der Waals surface area contributed by atoms with E-state index in [2.05, 4.69) is 4.98 Å². The first-order valence-electron chi connectivity index (χ1n) is 7.93. The number of rotatable bonds is 4. The maximum Gasteiger partial charge on any atom is 0.292 e. The number of nitrogens with two attached hydrogens (primary N) is 1. The number of carboxylic acids is 1. The van der Waals surface area contributed by atoms with Crippen LogP contribution in [0.4, 0.5) is 6.01 Å². The maximum absolute atomic E-state index is 10.8. The van der Waals surface area contributed by atoms with Crippen molar-refractivity contribution in [1.82, 2.24) is 4.98 Å². The second-order valence-electron chi connectivity index (χ2n) is 5.88. The first kappa shape index (κ1) is 18.3. The fourth-order valence-corrected chi connectivity index (χ4v) is 2.10. The minimum atomic E-state index is -1.30. The number of aliphatic carboxylic acids is 1. The van der Waals surface area contributed by atoms with E-state index < -0.39 is 11.6 Å². The van der Waals surface area contributed by atoms with Gasteiger partial charge >= 0.3 is 0 Å². The van der Waals surface area contributed by atoms with Gasteiger partial charge in [0.25, 0.3) is 6.01 Å². The maximum atomic E-state index is 10.8. The van der Waals surface area contributed by atoms with Crippen molar-refractivity contribution in [3.05, 3.63) is 54.1 Å². The van der Waals surface area contributed by atoms with Crippen LogP contribution in [0.15, 0.2) is 52.9 Å². The zero-order valence-corrected chi connectivity index (χ0v) is 14.5. The average molecular weight is 341 g/mol. The molecule has 0 aliphatic rings. The van der Waals surface area contributed by atoms with E-state index in [0.717, 1.165) is 23.1 Å². The summed E-state index contributed by atoms with van der Waals surface area (Å²) in [5.41, 5.74) is 6.55. The zero-order chi connectivity index (χ0) is 18.4. The van der Waals surface area contributed by atoms with Crippen molar-refractivity contribution in [2.24, 2.45) is 0 Å². The van der Waals surface area contributed by atoms with Crippen LogP contribution < -0.4 is 15.6 Å². The Balaban J connectivity index is 0.000000194. The lowest BCUT2D eigenvalue weighted by atomic mass is 10.1. The molecule has 6 nitrogen and oxygen atoms in total. The zero-order valence-electron chi connectivity index (χ0n) is 14.5. The van der Waals surface area contributed by atoms with Gasteiger partial charge in [-0.15, -0.1) is 0 Å². The molecular formula is C19H21N2O4-. The van der Waals surface area contributed by atoms with E-state index in [9.17, 15) is 9.90 Å².